The average Bonchev–Trinajstić information content (AvgIpc) is 2.76. The van der Waals surface area contributed by atoms with Crippen LogP contribution in [0, 0.1) is 5.92 Å². The zero-order valence-electron chi connectivity index (χ0n) is 11.3. The van der Waals surface area contributed by atoms with E-state index in [0.717, 1.165) is 13.0 Å². The van der Waals surface area contributed by atoms with Crippen LogP contribution in [0.3, 0.4) is 0 Å². The third-order valence-electron chi connectivity index (χ3n) is 3.41. The highest BCUT2D eigenvalue weighted by molar-refractivity contribution is 7.88. The molecule has 2 rings (SSSR count). The Kier molecular flexibility index (Phi) is 5.31. The first-order chi connectivity index (χ1) is 9.40. The van der Waals surface area contributed by atoms with Crippen molar-refractivity contribution in [3.05, 3.63) is 33.8 Å². The van der Waals surface area contributed by atoms with E-state index in [4.69, 9.17) is 23.2 Å². The van der Waals surface area contributed by atoms with E-state index in [0.29, 0.717) is 34.6 Å². The van der Waals surface area contributed by atoms with Gasteiger partial charge in [-0.05, 0) is 49.7 Å². The molecule has 0 aromatic heterocycles. The Labute approximate surface area is 130 Å². The van der Waals surface area contributed by atoms with Crippen LogP contribution < -0.4 is 5.32 Å². The molecule has 1 unspecified atom stereocenters. The van der Waals surface area contributed by atoms with Crippen molar-refractivity contribution in [2.45, 2.75) is 12.2 Å². The Morgan fingerprint density at radius 3 is 2.55 bits per heavy atom. The van der Waals surface area contributed by atoms with Crippen LogP contribution in [0.15, 0.2) is 18.2 Å². The second-order valence-electron chi connectivity index (χ2n) is 5.10. The van der Waals surface area contributed by atoms with Gasteiger partial charge in [0.2, 0.25) is 10.0 Å². The van der Waals surface area contributed by atoms with Gasteiger partial charge < -0.3 is 5.32 Å². The SMILES string of the molecule is CNCC1CCN(S(=O)(=O)Cc2cc(Cl)cc(Cl)c2)C1. The molecule has 0 spiro atoms. The molecule has 0 saturated carbocycles. The van der Waals surface area contributed by atoms with E-state index in [9.17, 15) is 8.42 Å². The Balaban J connectivity index is 2.08. The largest absolute Gasteiger partial charge is 0.319 e. The Morgan fingerprint density at radius 2 is 1.95 bits per heavy atom. The van der Waals surface area contributed by atoms with Crippen LogP contribution in [0.2, 0.25) is 10.0 Å². The molecular weight excluding hydrogens is 319 g/mol. The van der Waals surface area contributed by atoms with Gasteiger partial charge in [0.1, 0.15) is 0 Å². The van der Waals surface area contributed by atoms with E-state index in [1.54, 1.807) is 22.5 Å². The number of halogens is 2. The molecule has 1 aromatic rings. The second kappa shape index (κ2) is 6.62. The van der Waals surface area contributed by atoms with Crippen molar-refractivity contribution in [3.63, 3.8) is 0 Å². The van der Waals surface area contributed by atoms with Crippen LogP contribution in [0.25, 0.3) is 0 Å². The smallest absolute Gasteiger partial charge is 0.218 e. The van der Waals surface area contributed by atoms with Crippen LogP contribution >= 0.6 is 23.2 Å². The van der Waals surface area contributed by atoms with Crippen molar-refractivity contribution in [2.24, 2.45) is 5.92 Å². The maximum absolute atomic E-state index is 12.4. The fraction of sp³-hybridized carbons (Fsp3) is 0.538. The maximum atomic E-state index is 12.4. The lowest BCUT2D eigenvalue weighted by molar-refractivity contribution is 0.450. The molecule has 0 aliphatic carbocycles. The number of nitrogens with zero attached hydrogens (tertiary/aromatic N) is 1. The fourth-order valence-electron chi connectivity index (χ4n) is 2.50. The van der Waals surface area contributed by atoms with Crippen molar-refractivity contribution in [3.8, 4) is 0 Å². The normalized spacial score (nSPS) is 20.4. The molecule has 20 heavy (non-hydrogen) atoms. The van der Waals surface area contributed by atoms with Crippen molar-refractivity contribution in [1.82, 2.24) is 9.62 Å². The van der Waals surface area contributed by atoms with Crippen LogP contribution in [0.5, 0.6) is 0 Å². The molecule has 1 saturated heterocycles. The number of benzene rings is 1. The monoisotopic (exact) mass is 336 g/mol. The summed E-state index contributed by atoms with van der Waals surface area (Å²) in [4.78, 5) is 0. The summed E-state index contributed by atoms with van der Waals surface area (Å²) in [5, 5.41) is 4.00. The highest BCUT2D eigenvalue weighted by atomic mass is 35.5. The quantitative estimate of drug-likeness (QED) is 0.897. The van der Waals surface area contributed by atoms with Crippen LogP contribution in [0.4, 0.5) is 0 Å². The van der Waals surface area contributed by atoms with Gasteiger partial charge in [0.15, 0.2) is 0 Å². The molecule has 112 valence electrons. The topological polar surface area (TPSA) is 49.4 Å². The molecule has 1 aliphatic rings. The van der Waals surface area contributed by atoms with Gasteiger partial charge in [-0.1, -0.05) is 23.2 Å². The first kappa shape index (κ1) is 16.0. The number of hydrogen-bond acceptors (Lipinski definition) is 3. The molecule has 1 atom stereocenters. The molecule has 7 heteroatoms. The summed E-state index contributed by atoms with van der Waals surface area (Å²) in [6, 6.07) is 4.89. The standard InChI is InChI=1S/C13H18Cl2N2O2S/c1-16-7-10-2-3-17(8-10)20(18,19)9-11-4-12(14)6-13(15)5-11/h4-6,10,16H,2-3,7-9H2,1H3. The Morgan fingerprint density at radius 1 is 1.30 bits per heavy atom. The lowest BCUT2D eigenvalue weighted by Crippen LogP contribution is -2.31. The van der Waals surface area contributed by atoms with Crippen molar-refractivity contribution in [1.29, 1.82) is 0 Å². The molecule has 1 aromatic carbocycles. The lowest BCUT2D eigenvalue weighted by Gasteiger charge is -2.17. The summed E-state index contributed by atoms with van der Waals surface area (Å²) >= 11 is 11.8. The molecular formula is C13H18Cl2N2O2S. The minimum atomic E-state index is -3.31. The van der Waals surface area contributed by atoms with Gasteiger partial charge in [-0.25, -0.2) is 12.7 Å². The molecule has 0 amide bonds. The highest BCUT2D eigenvalue weighted by Crippen LogP contribution is 2.24. The average molecular weight is 337 g/mol. The minimum Gasteiger partial charge on any atom is -0.319 e. The van der Waals surface area contributed by atoms with Crippen LogP contribution in [-0.4, -0.2) is 39.4 Å². The highest BCUT2D eigenvalue weighted by Gasteiger charge is 2.31. The zero-order valence-corrected chi connectivity index (χ0v) is 13.6. The number of sulfonamides is 1. The molecule has 4 nitrogen and oxygen atoms in total. The van der Waals surface area contributed by atoms with Gasteiger partial charge in [0, 0.05) is 23.1 Å². The predicted molar refractivity (Wildman–Crippen MR) is 82.7 cm³/mol. The van der Waals surface area contributed by atoms with Gasteiger partial charge in [0.05, 0.1) is 5.75 Å². The molecule has 1 fully saturated rings. The van der Waals surface area contributed by atoms with E-state index < -0.39 is 10.0 Å². The summed E-state index contributed by atoms with van der Waals surface area (Å²) in [5.41, 5.74) is 0.625. The first-order valence-electron chi connectivity index (χ1n) is 6.48. The zero-order chi connectivity index (χ0) is 14.8. The summed E-state index contributed by atoms with van der Waals surface area (Å²) < 4.78 is 26.3. The Bertz CT molecular complexity index is 557. The van der Waals surface area contributed by atoms with Crippen LogP contribution in [-0.2, 0) is 15.8 Å². The molecule has 1 heterocycles. The number of rotatable bonds is 5. The molecule has 1 N–H and O–H groups in total. The third kappa shape index (κ3) is 4.09. The summed E-state index contributed by atoms with van der Waals surface area (Å²) in [5.74, 6) is 0.331. The fourth-order valence-corrected chi connectivity index (χ4v) is 4.66. The van der Waals surface area contributed by atoms with Gasteiger partial charge in [-0.15, -0.1) is 0 Å². The predicted octanol–water partition coefficient (Wildman–Crippen LogP) is 2.36. The molecule has 1 aliphatic heterocycles. The van der Waals surface area contributed by atoms with E-state index in [2.05, 4.69) is 5.32 Å². The van der Waals surface area contributed by atoms with Gasteiger partial charge in [-0.3, -0.25) is 0 Å². The van der Waals surface area contributed by atoms with E-state index >= 15 is 0 Å². The lowest BCUT2D eigenvalue weighted by atomic mass is 10.1. The van der Waals surface area contributed by atoms with Crippen molar-refractivity contribution >= 4 is 33.2 Å². The summed E-state index contributed by atoms with van der Waals surface area (Å²) in [6.07, 6.45) is 0.899. The maximum Gasteiger partial charge on any atom is 0.218 e. The number of hydrogen-bond donors (Lipinski definition) is 1. The van der Waals surface area contributed by atoms with Crippen molar-refractivity contribution in [2.75, 3.05) is 26.7 Å². The Hall–Kier alpha value is -0.330. The van der Waals surface area contributed by atoms with Gasteiger partial charge >= 0.3 is 0 Å². The minimum absolute atomic E-state index is 0.0560. The van der Waals surface area contributed by atoms with Crippen LogP contribution in [0.1, 0.15) is 12.0 Å². The summed E-state index contributed by atoms with van der Waals surface area (Å²) in [6.45, 7) is 2.01. The summed E-state index contributed by atoms with van der Waals surface area (Å²) in [7, 11) is -1.43. The van der Waals surface area contributed by atoms with E-state index in [-0.39, 0.29) is 5.75 Å². The second-order valence-corrected chi connectivity index (χ2v) is 7.95. The number of nitrogens with one attached hydrogen (secondary N) is 1. The molecule has 0 radical (unpaired) electrons. The van der Waals surface area contributed by atoms with E-state index in [1.165, 1.54) is 0 Å². The van der Waals surface area contributed by atoms with Gasteiger partial charge in [0.25, 0.3) is 0 Å². The van der Waals surface area contributed by atoms with E-state index in [1.807, 2.05) is 7.05 Å². The molecule has 0 bridgehead atoms. The van der Waals surface area contributed by atoms with Gasteiger partial charge in [-0.2, -0.15) is 0 Å². The van der Waals surface area contributed by atoms with Crippen molar-refractivity contribution < 1.29 is 8.42 Å². The first-order valence-corrected chi connectivity index (χ1v) is 8.84. The third-order valence-corrected chi connectivity index (χ3v) is 5.66.